The first-order valence-electron chi connectivity index (χ1n) is 7.47. The summed E-state index contributed by atoms with van der Waals surface area (Å²) in [7, 11) is 0. The second-order valence-corrected chi connectivity index (χ2v) is 5.98. The quantitative estimate of drug-likeness (QED) is 0.865. The Bertz CT molecular complexity index is 550. The molecule has 0 atom stereocenters. The van der Waals surface area contributed by atoms with Crippen LogP contribution in [-0.4, -0.2) is 29.9 Å². The van der Waals surface area contributed by atoms with Crippen molar-refractivity contribution >= 4 is 5.91 Å². The van der Waals surface area contributed by atoms with Crippen LogP contribution in [0.25, 0.3) is 0 Å². The normalized spacial score (nSPS) is 10.5. The Balaban J connectivity index is 3.14. The molecule has 3 heteroatoms. The lowest BCUT2D eigenvalue weighted by Crippen LogP contribution is -2.39. The van der Waals surface area contributed by atoms with Crippen LogP contribution in [0.15, 0.2) is 18.2 Å². The summed E-state index contributed by atoms with van der Waals surface area (Å²) in [5.74, 6) is 6.34. The Kier molecular flexibility index (Phi) is 6.45. The van der Waals surface area contributed by atoms with Gasteiger partial charge in [0, 0.05) is 23.7 Å². The van der Waals surface area contributed by atoms with Gasteiger partial charge in [0.05, 0.1) is 6.54 Å². The summed E-state index contributed by atoms with van der Waals surface area (Å²) < 4.78 is 0. The van der Waals surface area contributed by atoms with E-state index in [1.54, 1.807) is 0 Å². The molecule has 1 aromatic rings. The van der Waals surface area contributed by atoms with Crippen molar-refractivity contribution in [3.63, 3.8) is 0 Å². The van der Waals surface area contributed by atoms with E-state index < -0.39 is 0 Å². The largest absolute Gasteiger partial charge is 0.336 e. The first-order chi connectivity index (χ1) is 9.86. The van der Waals surface area contributed by atoms with Gasteiger partial charge in [-0.1, -0.05) is 31.8 Å². The molecule has 1 amide bonds. The molecule has 0 saturated carbocycles. The number of benzene rings is 1. The smallest absolute Gasteiger partial charge is 0.254 e. The second-order valence-electron chi connectivity index (χ2n) is 5.98. The molecule has 0 unspecified atom stereocenters. The number of amides is 1. The fraction of sp³-hybridized carbons (Fsp3) is 0.500. The van der Waals surface area contributed by atoms with Crippen LogP contribution in [-0.2, 0) is 0 Å². The molecule has 0 bridgehead atoms. The molecular formula is C18H26N2O. The molecule has 0 spiro atoms. The highest BCUT2D eigenvalue weighted by Gasteiger charge is 2.21. The predicted molar refractivity (Wildman–Crippen MR) is 88.1 cm³/mol. The molecule has 2 N–H and O–H groups in total. The Hall–Kier alpha value is -1.79. The summed E-state index contributed by atoms with van der Waals surface area (Å²) in [6.07, 6.45) is 0. The lowest BCUT2D eigenvalue weighted by atomic mass is 10.0. The van der Waals surface area contributed by atoms with Gasteiger partial charge in [0.2, 0.25) is 0 Å². The minimum atomic E-state index is 0.0765. The topological polar surface area (TPSA) is 46.3 Å². The molecule has 3 nitrogen and oxygen atoms in total. The zero-order valence-electron chi connectivity index (χ0n) is 13.7. The molecule has 1 rings (SSSR count). The standard InChI is InChI=1S/C18H26N2O/c1-13(2)12-20(14(3)4)18(21)17-11-16(7-6-10-19)9-8-15(17)5/h8-9,11,13-14H,10,12,19H2,1-5H3. The molecule has 0 radical (unpaired) electrons. The average Bonchev–Trinajstić information content (AvgIpc) is 2.42. The molecule has 21 heavy (non-hydrogen) atoms. The van der Waals surface area contributed by atoms with Crippen LogP contribution in [0.2, 0.25) is 0 Å². The number of carbonyl (C=O) groups excluding carboxylic acids is 1. The highest BCUT2D eigenvalue weighted by Crippen LogP contribution is 2.16. The Morgan fingerprint density at radius 2 is 1.95 bits per heavy atom. The van der Waals surface area contributed by atoms with Gasteiger partial charge in [0.25, 0.3) is 5.91 Å². The summed E-state index contributed by atoms with van der Waals surface area (Å²) in [5, 5.41) is 0. The van der Waals surface area contributed by atoms with Crippen molar-refractivity contribution in [2.45, 2.75) is 40.7 Å². The van der Waals surface area contributed by atoms with E-state index in [0.29, 0.717) is 12.5 Å². The second kappa shape index (κ2) is 7.85. The Labute approximate surface area is 128 Å². The van der Waals surface area contributed by atoms with Crippen LogP contribution in [0.4, 0.5) is 0 Å². The van der Waals surface area contributed by atoms with E-state index >= 15 is 0 Å². The van der Waals surface area contributed by atoms with Crippen molar-refractivity contribution in [3.8, 4) is 11.8 Å². The van der Waals surface area contributed by atoms with Crippen molar-refractivity contribution in [2.24, 2.45) is 11.7 Å². The number of hydrogen-bond donors (Lipinski definition) is 1. The summed E-state index contributed by atoms with van der Waals surface area (Å²) >= 11 is 0. The summed E-state index contributed by atoms with van der Waals surface area (Å²) in [6.45, 7) is 11.4. The van der Waals surface area contributed by atoms with Crippen molar-refractivity contribution in [1.82, 2.24) is 4.90 Å². The van der Waals surface area contributed by atoms with E-state index in [2.05, 4.69) is 25.7 Å². The maximum absolute atomic E-state index is 12.8. The highest BCUT2D eigenvalue weighted by atomic mass is 16.2. The van der Waals surface area contributed by atoms with Gasteiger partial charge >= 0.3 is 0 Å². The number of nitrogens with two attached hydrogens (primary N) is 1. The minimum Gasteiger partial charge on any atom is -0.336 e. The van der Waals surface area contributed by atoms with Crippen LogP contribution in [0.5, 0.6) is 0 Å². The molecule has 0 fully saturated rings. The number of rotatable bonds is 4. The van der Waals surface area contributed by atoms with E-state index in [1.165, 1.54) is 0 Å². The highest BCUT2D eigenvalue weighted by molar-refractivity contribution is 5.96. The molecule has 0 aromatic heterocycles. The zero-order valence-corrected chi connectivity index (χ0v) is 13.7. The third-order valence-corrected chi connectivity index (χ3v) is 3.25. The molecular weight excluding hydrogens is 260 g/mol. The first-order valence-corrected chi connectivity index (χ1v) is 7.47. The monoisotopic (exact) mass is 286 g/mol. The van der Waals surface area contributed by atoms with Gasteiger partial charge in [-0.15, -0.1) is 0 Å². The van der Waals surface area contributed by atoms with Gasteiger partial charge in [0.15, 0.2) is 0 Å². The minimum absolute atomic E-state index is 0.0765. The number of nitrogens with zero attached hydrogens (tertiary/aromatic N) is 1. The third kappa shape index (κ3) is 4.91. The van der Waals surface area contributed by atoms with E-state index in [0.717, 1.165) is 23.2 Å². The SMILES string of the molecule is Cc1ccc(C#CCN)cc1C(=O)N(CC(C)C)C(C)C. The fourth-order valence-corrected chi connectivity index (χ4v) is 2.16. The number of aryl methyl sites for hydroxylation is 1. The van der Waals surface area contributed by atoms with Gasteiger partial charge in [-0.05, 0) is 44.4 Å². The van der Waals surface area contributed by atoms with E-state index in [-0.39, 0.29) is 11.9 Å². The zero-order chi connectivity index (χ0) is 16.0. The van der Waals surface area contributed by atoms with Crippen LogP contribution in [0, 0.1) is 24.7 Å². The Morgan fingerprint density at radius 3 is 2.48 bits per heavy atom. The van der Waals surface area contributed by atoms with E-state index in [4.69, 9.17) is 5.73 Å². The van der Waals surface area contributed by atoms with Crippen molar-refractivity contribution in [3.05, 3.63) is 34.9 Å². The molecule has 114 valence electrons. The van der Waals surface area contributed by atoms with E-state index in [9.17, 15) is 4.79 Å². The first kappa shape index (κ1) is 17.3. The van der Waals surface area contributed by atoms with Crippen LogP contribution < -0.4 is 5.73 Å². The number of carbonyl (C=O) groups is 1. The Morgan fingerprint density at radius 1 is 1.29 bits per heavy atom. The lowest BCUT2D eigenvalue weighted by Gasteiger charge is -2.29. The predicted octanol–water partition coefficient (Wildman–Crippen LogP) is 2.81. The molecule has 1 aromatic carbocycles. The van der Waals surface area contributed by atoms with Crippen LogP contribution in [0.3, 0.4) is 0 Å². The third-order valence-electron chi connectivity index (χ3n) is 3.25. The van der Waals surface area contributed by atoms with E-state index in [1.807, 2.05) is 43.9 Å². The van der Waals surface area contributed by atoms with Gasteiger partial charge in [-0.2, -0.15) is 0 Å². The molecule has 0 aliphatic carbocycles. The van der Waals surface area contributed by atoms with Crippen molar-refractivity contribution in [2.75, 3.05) is 13.1 Å². The fourth-order valence-electron chi connectivity index (χ4n) is 2.16. The van der Waals surface area contributed by atoms with Gasteiger partial charge < -0.3 is 10.6 Å². The molecule has 0 aliphatic heterocycles. The summed E-state index contributed by atoms with van der Waals surface area (Å²) in [4.78, 5) is 14.7. The molecule has 0 aliphatic rings. The van der Waals surface area contributed by atoms with Gasteiger partial charge in [0.1, 0.15) is 0 Å². The summed E-state index contributed by atoms with van der Waals surface area (Å²) in [6, 6.07) is 5.92. The van der Waals surface area contributed by atoms with Gasteiger partial charge in [-0.3, -0.25) is 4.79 Å². The van der Waals surface area contributed by atoms with Crippen molar-refractivity contribution < 1.29 is 4.79 Å². The lowest BCUT2D eigenvalue weighted by molar-refractivity contribution is 0.0681. The van der Waals surface area contributed by atoms with Crippen LogP contribution in [0.1, 0.15) is 49.2 Å². The molecule has 0 heterocycles. The molecule has 0 saturated heterocycles. The number of hydrogen-bond acceptors (Lipinski definition) is 2. The van der Waals surface area contributed by atoms with Gasteiger partial charge in [-0.25, -0.2) is 0 Å². The maximum atomic E-state index is 12.8. The van der Waals surface area contributed by atoms with Crippen molar-refractivity contribution in [1.29, 1.82) is 0 Å². The van der Waals surface area contributed by atoms with Crippen LogP contribution >= 0.6 is 0 Å². The average molecular weight is 286 g/mol. The summed E-state index contributed by atoms with van der Waals surface area (Å²) in [5.41, 5.74) is 7.94. The maximum Gasteiger partial charge on any atom is 0.254 e.